The van der Waals surface area contributed by atoms with Crippen molar-refractivity contribution < 1.29 is 14.7 Å². The molecule has 1 aliphatic carbocycles. The van der Waals surface area contributed by atoms with Crippen LogP contribution in [0.3, 0.4) is 0 Å². The second-order valence-electron chi connectivity index (χ2n) is 6.79. The molecule has 1 N–H and O–H groups in total. The van der Waals surface area contributed by atoms with E-state index in [1.165, 1.54) is 32.1 Å². The number of rotatable bonds is 6. The summed E-state index contributed by atoms with van der Waals surface area (Å²) in [4.78, 5) is 25.4. The number of hydrogen-bond acceptors (Lipinski definition) is 2. The monoisotopic (exact) mass is 295 g/mol. The molecule has 120 valence electrons. The minimum atomic E-state index is -0.789. The maximum atomic E-state index is 12.6. The van der Waals surface area contributed by atoms with Gasteiger partial charge in [0.05, 0.1) is 6.42 Å². The zero-order valence-corrected chi connectivity index (χ0v) is 13.2. The summed E-state index contributed by atoms with van der Waals surface area (Å²) in [5.41, 5.74) is 0. The lowest BCUT2D eigenvalue weighted by atomic mass is 9.79. The van der Waals surface area contributed by atoms with Gasteiger partial charge in [-0.25, -0.2) is 0 Å². The molecule has 4 heteroatoms. The summed E-state index contributed by atoms with van der Waals surface area (Å²) in [5, 5.41) is 8.96. The van der Waals surface area contributed by atoms with Crippen molar-refractivity contribution in [3.8, 4) is 0 Å². The van der Waals surface area contributed by atoms with Gasteiger partial charge in [-0.2, -0.15) is 0 Å². The Kier molecular flexibility index (Phi) is 6.07. The Morgan fingerprint density at radius 3 is 2.48 bits per heavy atom. The Morgan fingerprint density at radius 1 is 1.14 bits per heavy atom. The van der Waals surface area contributed by atoms with Crippen LogP contribution in [0.4, 0.5) is 0 Å². The fourth-order valence-corrected chi connectivity index (χ4v) is 3.97. The minimum Gasteiger partial charge on any atom is -0.481 e. The van der Waals surface area contributed by atoms with Gasteiger partial charge in [0.2, 0.25) is 5.91 Å². The van der Waals surface area contributed by atoms with E-state index in [4.69, 9.17) is 5.11 Å². The SMILES string of the molecule is CCCCC1CCC(C(=O)N2CCCC2CC(=O)O)CC1. The number of aliphatic carboxylic acids is 1. The average Bonchev–Trinajstić information content (AvgIpc) is 2.92. The van der Waals surface area contributed by atoms with E-state index in [-0.39, 0.29) is 24.3 Å². The van der Waals surface area contributed by atoms with Gasteiger partial charge in [0.1, 0.15) is 0 Å². The summed E-state index contributed by atoms with van der Waals surface area (Å²) >= 11 is 0. The summed E-state index contributed by atoms with van der Waals surface area (Å²) in [6.07, 6.45) is 10.1. The molecule has 0 spiro atoms. The predicted octanol–water partition coefficient (Wildman–Crippen LogP) is 3.45. The van der Waals surface area contributed by atoms with Crippen molar-refractivity contribution >= 4 is 11.9 Å². The first kappa shape index (κ1) is 16.3. The van der Waals surface area contributed by atoms with E-state index in [1.807, 2.05) is 4.90 Å². The molecule has 1 atom stereocenters. The standard InChI is InChI=1S/C17H29NO3/c1-2-3-5-13-7-9-14(10-8-13)17(21)18-11-4-6-15(18)12-16(19)20/h13-15H,2-12H2,1H3,(H,19,20). The maximum Gasteiger partial charge on any atom is 0.305 e. The number of carboxylic acid groups (broad SMARTS) is 1. The fraction of sp³-hybridized carbons (Fsp3) is 0.882. The molecular weight excluding hydrogens is 266 g/mol. The molecule has 1 amide bonds. The number of carboxylic acids is 1. The highest BCUT2D eigenvalue weighted by molar-refractivity contribution is 5.80. The van der Waals surface area contributed by atoms with E-state index in [2.05, 4.69) is 6.92 Å². The van der Waals surface area contributed by atoms with Gasteiger partial charge in [-0.3, -0.25) is 9.59 Å². The van der Waals surface area contributed by atoms with Crippen LogP contribution in [0.1, 0.15) is 71.1 Å². The lowest BCUT2D eigenvalue weighted by Crippen LogP contribution is -2.41. The number of hydrogen-bond donors (Lipinski definition) is 1. The minimum absolute atomic E-state index is 0.0622. The molecule has 0 aromatic rings. The van der Waals surface area contributed by atoms with Gasteiger partial charge >= 0.3 is 5.97 Å². The molecule has 0 aromatic carbocycles. The van der Waals surface area contributed by atoms with Crippen LogP contribution in [0.25, 0.3) is 0 Å². The fourth-order valence-electron chi connectivity index (χ4n) is 3.97. The molecule has 0 aromatic heterocycles. The van der Waals surface area contributed by atoms with Crippen molar-refractivity contribution in [3.63, 3.8) is 0 Å². The van der Waals surface area contributed by atoms with E-state index in [9.17, 15) is 9.59 Å². The highest BCUT2D eigenvalue weighted by Gasteiger charge is 2.35. The van der Waals surface area contributed by atoms with Gasteiger partial charge in [-0.15, -0.1) is 0 Å². The molecule has 2 fully saturated rings. The Morgan fingerprint density at radius 2 is 1.86 bits per heavy atom. The molecule has 21 heavy (non-hydrogen) atoms. The predicted molar refractivity (Wildman–Crippen MR) is 82.0 cm³/mol. The summed E-state index contributed by atoms with van der Waals surface area (Å²) < 4.78 is 0. The van der Waals surface area contributed by atoms with Crippen LogP contribution in [0.5, 0.6) is 0 Å². The third-order valence-electron chi connectivity index (χ3n) is 5.23. The molecule has 2 rings (SSSR count). The number of unbranched alkanes of at least 4 members (excludes halogenated alkanes) is 1. The normalized spacial score (nSPS) is 29.6. The maximum absolute atomic E-state index is 12.6. The average molecular weight is 295 g/mol. The zero-order valence-electron chi connectivity index (χ0n) is 13.2. The van der Waals surface area contributed by atoms with Crippen LogP contribution in [-0.4, -0.2) is 34.5 Å². The smallest absolute Gasteiger partial charge is 0.305 e. The van der Waals surface area contributed by atoms with E-state index in [0.29, 0.717) is 0 Å². The number of likely N-dealkylation sites (tertiary alicyclic amines) is 1. The first-order valence-electron chi connectivity index (χ1n) is 8.64. The summed E-state index contributed by atoms with van der Waals surface area (Å²) in [7, 11) is 0. The number of nitrogens with zero attached hydrogens (tertiary/aromatic N) is 1. The van der Waals surface area contributed by atoms with E-state index < -0.39 is 5.97 Å². The summed E-state index contributed by atoms with van der Waals surface area (Å²) in [6, 6.07) is -0.0622. The Balaban J connectivity index is 1.82. The van der Waals surface area contributed by atoms with Gasteiger partial charge < -0.3 is 10.0 Å². The van der Waals surface area contributed by atoms with Crippen LogP contribution in [0.15, 0.2) is 0 Å². The van der Waals surface area contributed by atoms with Crippen LogP contribution in [0.2, 0.25) is 0 Å². The van der Waals surface area contributed by atoms with Gasteiger partial charge in [0.25, 0.3) is 0 Å². The van der Waals surface area contributed by atoms with Crippen molar-refractivity contribution in [1.29, 1.82) is 0 Å². The van der Waals surface area contributed by atoms with Crippen molar-refractivity contribution in [1.82, 2.24) is 4.90 Å². The molecule has 2 aliphatic rings. The van der Waals surface area contributed by atoms with Crippen molar-refractivity contribution in [2.75, 3.05) is 6.54 Å². The number of amides is 1. The molecular formula is C17H29NO3. The lowest BCUT2D eigenvalue weighted by Gasteiger charge is -2.32. The summed E-state index contributed by atoms with van der Waals surface area (Å²) in [5.74, 6) is 0.398. The third kappa shape index (κ3) is 4.45. The largest absolute Gasteiger partial charge is 0.481 e. The lowest BCUT2D eigenvalue weighted by molar-refractivity contribution is -0.141. The van der Waals surface area contributed by atoms with E-state index in [1.54, 1.807) is 0 Å². The van der Waals surface area contributed by atoms with Gasteiger partial charge in [0.15, 0.2) is 0 Å². The molecule has 0 bridgehead atoms. The number of carbonyl (C=O) groups excluding carboxylic acids is 1. The van der Waals surface area contributed by atoms with Crippen LogP contribution >= 0.6 is 0 Å². The Bertz CT molecular complexity index is 361. The van der Waals surface area contributed by atoms with Gasteiger partial charge in [-0.1, -0.05) is 26.2 Å². The molecule has 1 aliphatic heterocycles. The summed E-state index contributed by atoms with van der Waals surface area (Å²) in [6.45, 7) is 2.98. The highest BCUT2D eigenvalue weighted by atomic mass is 16.4. The number of carbonyl (C=O) groups is 2. The molecule has 1 unspecified atom stereocenters. The van der Waals surface area contributed by atoms with Crippen LogP contribution in [0, 0.1) is 11.8 Å². The van der Waals surface area contributed by atoms with Crippen molar-refractivity contribution in [2.45, 2.75) is 77.2 Å². The Labute approximate surface area is 127 Å². The van der Waals surface area contributed by atoms with Crippen molar-refractivity contribution in [2.24, 2.45) is 11.8 Å². The zero-order chi connectivity index (χ0) is 15.2. The molecule has 0 radical (unpaired) electrons. The highest BCUT2D eigenvalue weighted by Crippen LogP contribution is 2.34. The van der Waals surface area contributed by atoms with Gasteiger partial charge in [-0.05, 0) is 44.4 Å². The quantitative estimate of drug-likeness (QED) is 0.816. The molecule has 4 nitrogen and oxygen atoms in total. The second-order valence-corrected chi connectivity index (χ2v) is 6.79. The van der Waals surface area contributed by atoms with Gasteiger partial charge in [0, 0.05) is 18.5 Å². The topological polar surface area (TPSA) is 57.6 Å². The van der Waals surface area contributed by atoms with Crippen LogP contribution in [-0.2, 0) is 9.59 Å². The Hall–Kier alpha value is -1.06. The van der Waals surface area contributed by atoms with E-state index >= 15 is 0 Å². The van der Waals surface area contributed by atoms with Crippen molar-refractivity contribution in [3.05, 3.63) is 0 Å². The van der Waals surface area contributed by atoms with E-state index in [0.717, 1.165) is 38.1 Å². The first-order chi connectivity index (χ1) is 10.1. The first-order valence-corrected chi connectivity index (χ1v) is 8.64. The second kappa shape index (κ2) is 7.81. The van der Waals surface area contributed by atoms with Crippen LogP contribution < -0.4 is 0 Å². The molecule has 1 heterocycles. The molecule has 1 saturated carbocycles. The third-order valence-corrected chi connectivity index (χ3v) is 5.23. The molecule has 1 saturated heterocycles.